The molecule has 1 unspecified atom stereocenters. The second kappa shape index (κ2) is 8.08. The van der Waals surface area contributed by atoms with Crippen LogP contribution in [0.3, 0.4) is 0 Å². The van der Waals surface area contributed by atoms with Crippen LogP contribution < -0.4 is 5.73 Å². The van der Waals surface area contributed by atoms with Gasteiger partial charge in [0.1, 0.15) is 0 Å². The molecule has 3 nitrogen and oxygen atoms in total. The van der Waals surface area contributed by atoms with Crippen molar-refractivity contribution in [2.45, 2.75) is 45.6 Å². The lowest BCUT2D eigenvalue weighted by Gasteiger charge is -2.37. The third-order valence-corrected chi connectivity index (χ3v) is 3.08. The topological polar surface area (TPSA) is 38.5 Å². The fourth-order valence-corrected chi connectivity index (χ4v) is 1.52. The normalized spacial score (nSPS) is 15.6. The van der Waals surface area contributed by atoms with Gasteiger partial charge >= 0.3 is 0 Å². The largest absolute Gasteiger partial charge is 0.380 e. The molecule has 1 atom stereocenters. The average Bonchev–Trinajstić information content (AvgIpc) is 2.26. The average molecular weight is 216 g/mol. The molecule has 0 bridgehead atoms. The third kappa shape index (κ3) is 5.50. The van der Waals surface area contributed by atoms with E-state index in [1.54, 1.807) is 0 Å². The standard InChI is InChI=1S/C12H28N2O/c1-5-7-8-9-14(4)12(3,10-13)11-15-6-2/h5-11,13H2,1-4H3. The van der Waals surface area contributed by atoms with Gasteiger partial charge < -0.3 is 10.5 Å². The molecule has 15 heavy (non-hydrogen) atoms. The molecule has 0 heterocycles. The summed E-state index contributed by atoms with van der Waals surface area (Å²) in [7, 11) is 2.14. The highest BCUT2D eigenvalue weighted by molar-refractivity contribution is 4.85. The first-order valence-corrected chi connectivity index (χ1v) is 6.09. The minimum atomic E-state index is -0.0102. The summed E-state index contributed by atoms with van der Waals surface area (Å²) in [5.41, 5.74) is 5.82. The number of unbranched alkanes of at least 4 members (excludes halogenated alkanes) is 2. The molecule has 0 aliphatic rings. The van der Waals surface area contributed by atoms with Crippen LogP contribution in [0.2, 0.25) is 0 Å². The van der Waals surface area contributed by atoms with Crippen molar-refractivity contribution in [1.82, 2.24) is 4.90 Å². The van der Waals surface area contributed by atoms with Gasteiger partial charge in [-0.3, -0.25) is 4.90 Å². The molecule has 0 aromatic carbocycles. The highest BCUT2D eigenvalue weighted by Gasteiger charge is 2.27. The van der Waals surface area contributed by atoms with Crippen LogP contribution in [-0.4, -0.2) is 43.8 Å². The van der Waals surface area contributed by atoms with Crippen molar-refractivity contribution in [1.29, 1.82) is 0 Å². The number of nitrogens with zero attached hydrogens (tertiary/aromatic N) is 1. The predicted octanol–water partition coefficient (Wildman–Crippen LogP) is 1.86. The van der Waals surface area contributed by atoms with E-state index in [0.29, 0.717) is 6.54 Å². The van der Waals surface area contributed by atoms with Crippen LogP contribution in [0.15, 0.2) is 0 Å². The Morgan fingerprint density at radius 3 is 2.40 bits per heavy atom. The van der Waals surface area contributed by atoms with E-state index in [0.717, 1.165) is 19.8 Å². The molecule has 0 saturated heterocycles. The summed E-state index contributed by atoms with van der Waals surface area (Å²) in [6, 6.07) is 0. The Hall–Kier alpha value is -0.120. The third-order valence-electron chi connectivity index (χ3n) is 3.08. The number of likely N-dealkylation sites (N-methyl/N-ethyl adjacent to an activating group) is 1. The Balaban J connectivity index is 3.99. The van der Waals surface area contributed by atoms with Gasteiger partial charge in [-0.1, -0.05) is 19.8 Å². The van der Waals surface area contributed by atoms with E-state index in [4.69, 9.17) is 10.5 Å². The predicted molar refractivity (Wildman–Crippen MR) is 66.1 cm³/mol. The molecule has 0 spiro atoms. The second-order valence-corrected chi connectivity index (χ2v) is 4.47. The van der Waals surface area contributed by atoms with Crippen LogP contribution in [-0.2, 0) is 4.74 Å². The first-order chi connectivity index (χ1) is 7.10. The SMILES string of the molecule is CCCCCN(C)C(C)(CN)COCC. The fraction of sp³-hybridized carbons (Fsp3) is 1.00. The fourth-order valence-electron chi connectivity index (χ4n) is 1.52. The molecular weight excluding hydrogens is 188 g/mol. The van der Waals surface area contributed by atoms with Gasteiger partial charge in [0.15, 0.2) is 0 Å². The quantitative estimate of drug-likeness (QED) is 0.598. The van der Waals surface area contributed by atoms with E-state index in [1.807, 2.05) is 6.92 Å². The number of hydrogen-bond acceptors (Lipinski definition) is 3. The van der Waals surface area contributed by atoms with E-state index in [-0.39, 0.29) is 5.54 Å². The lowest BCUT2D eigenvalue weighted by atomic mass is 10.0. The zero-order chi connectivity index (χ0) is 11.7. The number of rotatable bonds is 9. The van der Waals surface area contributed by atoms with Crippen molar-refractivity contribution in [3.8, 4) is 0 Å². The van der Waals surface area contributed by atoms with Crippen molar-refractivity contribution in [2.24, 2.45) is 5.73 Å². The Morgan fingerprint density at radius 2 is 1.93 bits per heavy atom. The van der Waals surface area contributed by atoms with Crippen molar-refractivity contribution >= 4 is 0 Å². The van der Waals surface area contributed by atoms with Gasteiger partial charge in [-0.25, -0.2) is 0 Å². The molecule has 92 valence electrons. The molecular formula is C12H28N2O. The maximum absolute atomic E-state index is 5.83. The van der Waals surface area contributed by atoms with Gasteiger partial charge in [-0.05, 0) is 33.9 Å². The van der Waals surface area contributed by atoms with Crippen molar-refractivity contribution in [3.63, 3.8) is 0 Å². The summed E-state index contributed by atoms with van der Waals surface area (Å²) >= 11 is 0. The van der Waals surface area contributed by atoms with Crippen LogP contribution in [0.1, 0.15) is 40.0 Å². The zero-order valence-corrected chi connectivity index (χ0v) is 10.9. The molecule has 0 amide bonds. The van der Waals surface area contributed by atoms with E-state index in [2.05, 4.69) is 25.8 Å². The molecule has 0 aromatic heterocycles. The van der Waals surface area contributed by atoms with Gasteiger partial charge in [-0.15, -0.1) is 0 Å². The lowest BCUT2D eigenvalue weighted by Crippen LogP contribution is -2.53. The molecule has 0 fully saturated rings. The number of nitrogens with two attached hydrogens (primary N) is 1. The van der Waals surface area contributed by atoms with E-state index in [1.165, 1.54) is 19.3 Å². The van der Waals surface area contributed by atoms with Gasteiger partial charge in [0.05, 0.1) is 12.1 Å². The minimum absolute atomic E-state index is 0.0102. The van der Waals surface area contributed by atoms with Crippen LogP contribution >= 0.6 is 0 Å². The van der Waals surface area contributed by atoms with Crippen LogP contribution in [0.25, 0.3) is 0 Å². The molecule has 0 aliphatic carbocycles. The first kappa shape index (κ1) is 14.9. The number of ether oxygens (including phenoxy) is 1. The molecule has 0 rings (SSSR count). The number of hydrogen-bond donors (Lipinski definition) is 1. The highest BCUT2D eigenvalue weighted by atomic mass is 16.5. The van der Waals surface area contributed by atoms with Crippen LogP contribution in [0, 0.1) is 0 Å². The van der Waals surface area contributed by atoms with E-state index < -0.39 is 0 Å². The summed E-state index contributed by atoms with van der Waals surface area (Å²) in [6.45, 7) is 9.66. The molecule has 0 radical (unpaired) electrons. The molecule has 0 saturated carbocycles. The van der Waals surface area contributed by atoms with Gasteiger partial charge in [0.25, 0.3) is 0 Å². The van der Waals surface area contributed by atoms with Gasteiger partial charge in [0.2, 0.25) is 0 Å². The van der Waals surface area contributed by atoms with Crippen LogP contribution in [0.4, 0.5) is 0 Å². The van der Waals surface area contributed by atoms with Crippen molar-refractivity contribution in [2.75, 3.05) is 33.4 Å². The summed E-state index contributed by atoms with van der Waals surface area (Å²) in [6.07, 6.45) is 3.80. The summed E-state index contributed by atoms with van der Waals surface area (Å²) in [5.74, 6) is 0. The highest BCUT2D eigenvalue weighted by Crippen LogP contribution is 2.13. The van der Waals surface area contributed by atoms with E-state index in [9.17, 15) is 0 Å². The summed E-state index contributed by atoms with van der Waals surface area (Å²) < 4.78 is 5.50. The maximum atomic E-state index is 5.83. The Bertz CT molecular complexity index is 153. The first-order valence-electron chi connectivity index (χ1n) is 6.09. The van der Waals surface area contributed by atoms with Crippen molar-refractivity contribution < 1.29 is 4.74 Å². The minimum Gasteiger partial charge on any atom is -0.380 e. The maximum Gasteiger partial charge on any atom is 0.0659 e. The Labute approximate surface area is 95.0 Å². The Kier molecular flexibility index (Phi) is 8.02. The molecule has 2 N–H and O–H groups in total. The zero-order valence-electron chi connectivity index (χ0n) is 10.9. The monoisotopic (exact) mass is 216 g/mol. The van der Waals surface area contributed by atoms with Gasteiger partial charge in [-0.2, -0.15) is 0 Å². The lowest BCUT2D eigenvalue weighted by molar-refractivity contribution is 0.0234. The Morgan fingerprint density at radius 1 is 1.27 bits per heavy atom. The smallest absolute Gasteiger partial charge is 0.0659 e. The van der Waals surface area contributed by atoms with Crippen molar-refractivity contribution in [3.05, 3.63) is 0 Å². The summed E-state index contributed by atoms with van der Waals surface area (Å²) in [4.78, 5) is 2.33. The molecule has 0 aliphatic heterocycles. The molecule has 0 aromatic rings. The van der Waals surface area contributed by atoms with Gasteiger partial charge in [0, 0.05) is 13.2 Å². The van der Waals surface area contributed by atoms with Crippen LogP contribution in [0.5, 0.6) is 0 Å². The summed E-state index contributed by atoms with van der Waals surface area (Å²) in [5, 5.41) is 0. The molecule has 3 heteroatoms. The van der Waals surface area contributed by atoms with E-state index >= 15 is 0 Å². The second-order valence-electron chi connectivity index (χ2n) is 4.47.